The van der Waals surface area contributed by atoms with Gasteiger partial charge in [0.2, 0.25) is 5.91 Å². The largest absolute Gasteiger partial charge is 0.315 e. The van der Waals surface area contributed by atoms with Gasteiger partial charge in [-0.1, -0.05) is 24.6 Å². The summed E-state index contributed by atoms with van der Waals surface area (Å²) in [5, 5.41) is 3.58. The highest BCUT2D eigenvalue weighted by molar-refractivity contribution is 5.96. The highest BCUT2D eigenvalue weighted by Gasteiger charge is 2.29. The smallest absolute Gasteiger partial charge is 0.228 e. The summed E-state index contributed by atoms with van der Waals surface area (Å²) >= 11 is 0. The molecule has 0 radical (unpaired) electrons. The van der Waals surface area contributed by atoms with E-state index in [4.69, 9.17) is 0 Å². The normalized spacial score (nSPS) is 23.7. The Balaban J connectivity index is 1.77. The molecule has 3 nitrogen and oxygen atoms in total. The van der Waals surface area contributed by atoms with Crippen LogP contribution in [0.1, 0.15) is 37.3 Å². The van der Waals surface area contributed by atoms with Crippen molar-refractivity contribution in [3.8, 4) is 0 Å². The number of fused-ring (bicyclic) bond motifs is 1. The van der Waals surface area contributed by atoms with Crippen molar-refractivity contribution in [2.75, 3.05) is 18.5 Å². The Hall–Kier alpha value is -1.35. The van der Waals surface area contributed by atoms with E-state index in [-0.39, 0.29) is 11.9 Å². The number of carbonyl (C=O) groups is 1. The lowest BCUT2D eigenvalue weighted by Gasteiger charge is -2.34. The van der Waals surface area contributed by atoms with Crippen LogP contribution < -0.4 is 10.2 Å². The van der Waals surface area contributed by atoms with Gasteiger partial charge in [-0.15, -0.1) is 0 Å². The molecule has 1 saturated carbocycles. The molecule has 1 unspecified atom stereocenters. The zero-order chi connectivity index (χ0) is 12.5. The van der Waals surface area contributed by atoms with Crippen molar-refractivity contribution < 1.29 is 4.79 Å². The number of hydrogen-bond donors (Lipinski definition) is 1. The third-order valence-corrected chi connectivity index (χ3v) is 4.30. The number of carbonyl (C=O) groups excluding carboxylic acids is 1. The maximum absolute atomic E-state index is 12.0. The summed E-state index contributed by atoms with van der Waals surface area (Å²) in [7, 11) is 1.86. The Morgan fingerprint density at radius 1 is 1.33 bits per heavy atom. The topological polar surface area (TPSA) is 32.3 Å². The highest BCUT2D eigenvalue weighted by Crippen LogP contribution is 2.34. The van der Waals surface area contributed by atoms with Crippen LogP contribution in [0.25, 0.3) is 0 Å². The Kier molecular flexibility index (Phi) is 3.08. The van der Waals surface area contributed by atoms with Gasteiger partial charge in [0, 0.05) is 25.2 Å². The molecule has 0 aromatic heterocycles. The first-order valence-corrected chi connectivity index (χ1v) is 6.84. The Bertz CT molecular complexity index is 454. The fraction of sp³-hybridized carbons (Fsp3) is 0.533. The molecule has 18 heavy (non-hydrogen) atoms. The molecular formula is C15H20N2O. The third kappa shape index (κ3) is 2.03. The lowest BCUT2D eigenvalue weighted by molar-refractivity contribution is -0.119. The summed E-state index contributed by atoms with van der Waals surface area (Å²) < 4.78 is 0. The number of anilines is 1. The second kappa shape index (κ2) is 4.73. The molecule has 3 rings (SSSR count). The summed E-state index contributed by atoms with van der Waals surface area (Å²) in [5.74, 6) is 1.03. The van der Waals surface area contributed by atoms with Crippen molar-refractivity contribution in [3.05, 3.63) is 29.8 Å². The van der Waals surface area contributed by atoms with E-state index in [9.17, 15) is 4.79 Å². The van der Waals surface area contributed by atoms with E-state index in [1.807, 2.05) is 19.2 Å². The molecule has 0 bridgehead atoms. The number of rotatable bonds is 3. The van der Waals surface area contributed by atoms with E-state index in [0.29, 0.717) is 6.42 Å². The second-order valence-corrected chi connectivity index (χ2v) is 5.47. The van der Waals surface area contributed by atoms with Gasteiger partial charge in [0.1, 0.15) is 0 Å². The molecule has 0 saturated heterocycles. The minimum Gasteiger partial charge on any atom is -0.315 e. The second-order valence-electron chi connectivity index (χ2n) is 5.47. The van der Waals surface area contributed by atoms with Crippen LogP contribution >= 0.6 is 0 Å². The number of benzene rings is 1. The number of nitrogens with one attached hydrogen (secondary N) is 1. The Labute approximate surface area is 108 Å². The van der Waals surface area contributed by atoms with Crippen molar-refractivity contribution in [2.45, 2.75) is 31.7 Å². The third-order valence-electron chi connectivity index (χ3n) is 4.30. The van der Waals surface area contributed by atoms with Gasteiger partial charge in [-0.05, 0) is 36.9 Å². The lowest BCUT2D eigenvalue weighted by atomic mass is 9.85. The first-order valence-electron chi connectivity index (χ1n) is 6.84. The summed E-state index contributed by atoms with van der Waals surface area (Å²) in [6, 6.07) is 8.42. The first-order chi connectivity index (χ1) is 8.75. The number of para-hydroxylation sites is 1. The predicted molar refractivity (Wildman–Crippen MR) is 72.6 cm³/mol. The standard InChI is InChI=1S/C15H20N2O/c1-17-14-8-3-2-7-12(14)13(9-15(17)18)16-10-11-5-4-6-11/h2-3,7-8,11,13,16H,4-6,9-10H2,1H3. The van der Waals surface area contributed by atoms with E-state index in [1.165, 1.54) is 24.8 Å². The molecule has 1 atom stereocenters. The van der Waals surface area contributed by atoms with Gasteiger partial charge < -0.3 is 10.2 Å². The van der Waals surface area contributed by atoms with E-state index in [0.717, 1.165) is 18.2 Å². The summed E-state index contributed by atoms with van der Waals surface area (Å²) in [4.78, 5) is 13.8. The average Bonchev–Trinajstić information content (AvgIpc) is 2.33. The average molecular weight is 244 g/mol. The monoisotopic (exact) mass is 244 g/mol. The fourth-order valence-electron chi connectivity index (χ4n) is 2.83. The Morgan fingerprint density at radius 3 is 2.83 bits per heavy atom. The van der Waals surface area contributed by atoms with E-state index in [2.05, 4.69) is 17.4 Å². The van der Waals surface area contributed by atoms with Crippen LogP contribution in [0.2, 0.25) is 0 Å². The van der Waals surface area contributed by atoms with Gasteiger partial charge in [-0.25, -0.2) is 0 Å². The SMILES string of the molecule is CN1C(=O)CC(NCC2CCC2)c2ccccc21. The zero-order valence-electron chi connectivity index (χ0n) is 10.9. The van der Waals surface area contributed by atoms with E-state index < -0.39 is 0 Å². The maximum Gasteiger partial charge on any atom is 0.228 e. The van der Waals surface area contributed by atoms with Crippen molar-refractivity contribution >= 4 is 11.6 Å². The van der Waals surface area contributed by atoms with Gasteiger partial charge in [-0.2, -0.15) is 0 Å². The van der Waals surface area contributed by atoms with Crippen LogP contribution in [0, 0.1) is 5.92 Å². The molecule has 1 heterocycles. The molecule has 1 aromatic rings. The van der Waals surface area contributed by atoms with Crippen molar-refractivity contribution in [2.24, 2.45) is 5.92 Å². The van der Waals surface area contributed by atoms with Gasteiger partial charge in [0.25, 0.3) is 0 Å². The van der Waals surface area contributed by atoms with Crippen molar-refractivity contribution in [1.82, 2.24) is 5.32 Å². The minimum atomic E-state index is 0.200. The summed E-state index contributed by atoms with van der Waals surface area (Å²) in [6.07, 6.45) is 4.64. The fourth-order valence-corrected chi connectivity index (χ4v) is 2.83. The number of hydrogen-bond acceptors (Lipinski definition) is 2. The van der Waals surface area contributed by atoms with Crippen LogP contribution in [0.3, 0.4) is 0 Å². The van der Waals surface area contributed by atoms with Gasteiger partial charge in [0.05, 0.1) is 0 Å². The van der Waals surface area contributed by atoms with Crippen molar-refractivity contribution in [1.29, 1.82) is 0 Å². The van der Waals surface area contributed by atoms with Crippen LogP contribution in [0.15, 0.2) is 24.3 Å². The number of nitrogens with zero attached hydrogens (tertiary/aromatic N) is 1. The van der Waals surface area contributed by atoms with Gasteiger partial charge >= 0.3 is 0 Å². The van der Waals surface area contributed by atoms with Crippen LogP contribution in [0.4, 0.5) is 5.69 Å². The molecule has 1 fully saturated rings. The quantitative estimate of drug-likeness (QED) is 0.886. The Morgan fingerprint density at radius 2 is 2.11 bits per heavy atom. The van der Waals surface area contributed by atoms with E-state index >= 15 is 0 Å². The molecule has 0 spiro atoms. The van der Waals surface area contributed by atoms with Gasteiger partial charge in [-0.3, -0.25) is 4.79 Å². The molecule has 2 aliphatic rings. The molecule has 1 aliphatic carbocycles. The summed E-state index contributed by atoms with van der Waals surface area (Å²) in [6.45, 7) is 1.05. The number of amides is 1. The lowest BCUT2D eigenvalue weighted by Crippen LogP contribution is -2.39. The zero-order valence-corrected chi connectivity index (χ0v) is 10.9. The van der Waals surface area contributed by atoms with Crippen molar-refractivity contribution in [3.63, 3.8) is 0 Å². The molecule has 1 aromatic carbocycles. The predicted octanol–water partition coefficient (Wildman–Crippen LogP) is 2.48. The molecule has 1 aliphatic heterocycles. The summed E-state index contributed by atoms with van der Waals surface area (Å²) in [5.41, 5.74) is 2.32. The highest BCUT2D eigenvalue weighted by atomic mass is 16.2. The van der Waals surface area contributed by atoms with Crippen LogP contribution in [0.5, 0.6) is 0 Å². The molecule has 3 heteroatoms. The maximum atomic E-state index is 12.0. The molecule has 96 valence electrons. The van der Waals surface area contributed by atoms with Gasteiger partial charge in [0.15, 0.2) is 0 Å². The molecule has 1 N–H and O–H groups in total. The van der Waals surface area contributed by atoms with Crippen LogP contribution in [-0.2, 0) is 4.79 Å². The van der Waals surface area contributed by atoms with E-state index in [1.54, 1.807) is 4.90 Å². The molecule has 1 amide bonds. The first kappa shape index (κ1) is 11.7. The molecular weight excluding hydrogens is 224 g/mol. The minimum absolute atomic E-state index is 0.200. The van der Waals surface area contributed by atoms with Crippen LogP contribution in [-0.4, -0.2) is 19.5 Å².